The average molecular weight is 275 g/mol. The fourth-order valence-electron chi connectivity index (χ4n) is 3.32. The van der Waals surface area contributed by atoms with Gasteiger partial charge in [-0.1, -0.05) is 6.42 Å². The third kappa shape index (κ3) is 2.49. The van der Waals surface area contributed by atoms with E-state index in [2.05, 4.69) is 23.3 Å². The lowest BCUT2D eigenvalue weighted by molar-refractivity contribution is 0.0195. The lowest BCUT2D eigenvalue weighted by Gasteiger charge is -2.46. The predicted octanol–water partition coefficient (Wildman–Crippen LogP) is 2.38. The summed E-state index contributed by atoms with van der Waals surface area (Å²) in [6.45, 7) is 8.47. The standard InChI is InChI=1S/C16H25N3O/c1-13(2)19-10-6-7-15(19)16(20)18-11-14(12-18)17-8-4-3-5-9-17/h6-7,10,13-14H,3-5,8-9,11-12H2,1-2H3. The summed E-state index contributed by atoms with van der Waals surface area (Å²) in [7, 11) is 0. The van der Waals surface area contributed by atoms with E-state index in [-0.39, 0.29) is 5.91 Å². The van der Waals surface area contributed by atoms with Crippen LogP contribution < -0.4 is 0 Å². The molecule has 1 aromatic rings. The number of carbonyl (C=O) groups excluding carboxylic acids is 1. The summed E-state index contributed by atoms with van der Waals surface area (Å²) >= 11 is 0. The molecular formula is C16H25N3O. The van der Waals surface area contributed by atoms with Gasteiger partial charge in [0.25, 0.3) is 5.91 Å². The first-order valence-corrected chi connectivity index (χ1v) is 7.87. The molecule has 3 heterocycles. The maximum absolute atomic E-state index is 12.5. The van der Waals surface area contributed by atoms with Crippen LogP contribution in [0.2, 0.25) is 0 Å². The van der Waals surface area contributed by atoms with E-state index >= 15 is 0 Å². The fraction of sp³-hybridized carbons (Fsp3) is 0.688. The van der Waals surface area contributed by atoms with E-state index in [1.54, 1.807) is 0 Å². The van der Waals surface area contributed by atoms with Gasteiger partial charge in [-0.15, -0.1) is 0 Å². The number of amides is 1. The highest BCUT2D eigenvalue weighted by molar-refractivity contribution is 5.93. The largest absolute Gasteiger partial charge is 0.341 e. The first kappa shape index (κ1) is 13.7. The van der Waals surface area contributed by atoms with Crippen LogP contribution >= 0.6 is 0 Å². The zero-order chi connectivity index (χ0) is 14.1. The monoisotopic (exact) mass is 275 g/mol. The van der Waals surface area contributed by atoms with Crippen LogP contribution in [0.25, 0.3) is 0 Å². The quantitative estimate of drug-likeness (QED) is 0.847. The Morgan fingerprint density at radius 2 is 1.90 bits per heavy atom. The number of hydrogen-bond donors (Lipinski definition) is 0. The van der Waals surface area contributed by atoms with Gasteiger partial charge in [-0.3, -0.25) is 9.69 Å². The minimum atomic E-state index is 0.192. The van der Waals surface area contributed by atoms with Crippen molar-refractivity contribution in [1.82, 2.24) is 14.4 Å². The van der Waals surface area contributed by atoms with Crippen LogP contribution in [0.1, 0.15) is 49.6 Å². The van der Waals surface area contributed by atoms with Crippen molar-refractivity contribution in [3.63, 3.8) is 0 Å². The van der Waals surface area contributed by atoms with Crippen molar-refractivity contribution in [2.75, 3.05) is 26.2 Å². The van der Waals surface area contributed by atoms with Crippen molar-refractivity contribution in [3.8, 4) is 0 Å². The maximum atomic E-state index is 12.5. The summed E-state index contributed by atoms with van der Waals surface area (Å²) in [6.07, 6.45) is 6.01. The molecule has 0 bridgehead atoms. The normalized spacial score (nSPS) is 21.2. The van der Waals surface area contributed by atoms with Gasteiger partial charge in [0.1, 0.15) is 5.69 Å². The first-order chi connectivity index (χ1) is 9.66. The van der Waals surface area contributed by atoms with Crippen LogP contribution in [0.3, 0.4) is 0 Å². The molecule has 4 heteroatoms. The van der Waals surface area contributed by atoms with Gasteiger partial charge in [0, 0.05) is 31.4 Å². The van der Waals surface area contributed by atoms with Crippen molar-refractivity contribution in [3.05, 3.63) is 24.0 Å². The summed E-state index contributed by atoms with van der Waals surface area (Å²) in [5.41, 5.74) is 0.831. The molecule has 0 N–H and O–H groups in total. The lowest BCUT2D eigenvalue weighted by Crippen LogP contribution is -2.62. The van der Waals surface area contributed by atoms with E-state index in [0.29, 0.717) is 12.1 Å². The molecule has 0 aliphatic carbocycles. The van der Waals surface area contributed by atoms with Crippen LogP contribution in [-0.2, 0) is 0 Å². The van der Waals surface area contributed by atoms with E-state index < -0.39 is 0 Å². The minimum absolute atomic E-state index is 0.192. The molecule has 0 saturated carbocycles. The Kier molecular flexibility index (Phi) is 3.83. The maximum Gasteiger partial charge on any atom is 0.270 e. The SMILES string of the molecule is CC(C)n1cccc1C(=O)N1CC(N2CCCCC2)C1. The summed E-state index contributed by atoms with van der Waals surface area (Å²) in [6, 6.07) is 4.84. The van der Waals surface area contributed by atoms with Crippen LogP contribution in [0.5, 0.6) is 0 Å². The van der Waals surface area contributed by atoms with Crippen LogP contribution in [-0.4, -0.2) is 52.5 Å². The van der Waals surface area contributed by atoms with Gasteiger partial charge in [-0.05, 0) is 51.9 Å². The van der Waals surface area contributed by atoms with Gasteiger partial charge in [-0.25, -0.2) is 0 Å². The number of piperidine rings is 1. The molecule has 3 rings (SSSR count). The molecule has 1 amide bonds. The van der Waals surface area contributed by atoms with Gasteiger partial charge in [0.05, 0.1) is 0 Å². The van der Waals surface area contributed by atoms with E-state index in [1.165, 1.54) is 32.4 Å². The number of carbonyl (C=O) groups is 1. The Morgan fingerprint density at radius 1 is 1.20 bits per heavy atom. The second-order valence-electron chi connectivity index (χ2n) is 6.36. The van der Waals surface area contributed by atoms with Crippen molar-refractivity contribution >= 4 is 5.91 Å². The van der Waals surface area contributed by atoms with Crippen molar-refractivity contribution in [1.29, 1.82) is 0 Å². The van der Waals surface area contributed by atoms with Crippen LogP contribution in [0.4, 0.5) is 0 Å². The highest BCUT2D eigenvalue weighted by Crippen LogP contribution is 2.22. The molecule has 2 aliphatic rings. The Labute approximate surface area is 121 Å². The van der Waals surface area contributed by atoms with E-state index in [0.717, 1.165) is 18.8 Å². The second kappa shape index (κ2) is 5.60. The minimum Gasteiger partial charge on any atom is -0.341 e. The van der Waals surface area contributed by atoms with E-state index in [4.69, 9.17) is 0 Å². The molecule has 4 nitrogen and oxygen atoms in total. The number of aromatic nitrogens is 1. The van der Waals surface area contributed by atoms with Crippen molar-refractivity contribution in [2.24, 2.45) is 0 Å². The topological polar surface area (TPSA) is 28.5 Å². The van der Waals surface area contributed by atoms with E-state index in [1.807, 2.05) is 23.2 Å². The lowest BCUT2D eigenvalue weighted by atomic mass is 10.0. The molecule has 0 unspecified atom stereocenters. The number of rotatable bonds is 3. The third-order valence-corrected chi connectivity index (χ3v) is 4.61. The molecule has 2 saturated heterocycles. The average Bonchev–Trinajstić information content (AvgIpc) is 2.87. The number of likely N-dealkylation sites (tertiary alicyclic amines) is 2. The van der Waals surface area contributed by atoms with Crippen LogP contribution in [0, 0.1) is 0 Å². The Balaban J connectivity index is 1.59. The van der Waals surface area contributed by atoms with Gasteiger partial charge < -0.3 is 9.47 Å². The molecular weight excluding hydrogens is 250 g/mol. The zero-order valence-corrected chi connectivity index (χ0v) is 12.6. The van der Waals surface area contributed by atoms with Gasteiger partial charge in [0.2, 0.25) is 0 Å². The molecule has 1 aromatic heterocycles. The molecule has 20 heavy (non-hydrogen) atoms. The summed E-state index contributed by atoms with van der Waals surface area (Å²) in [5, 5.41) is 0. The molecule has 0 spiro atoms. The second-order valence-corrected chi connectivity index (χ2v) is 6.36. The Bertz CT molecular complexity index is 468. The third-order valence-electron chi connectivity index (χ3n) is 4.61. The van der Waals surface area contributed by atoms with Gasteiger partial charge in [0.15, 0.2) is 0 Å². The molecule has 0 atom stereocenters. The smallest absolute Gasteiger partial charge is 0.270 e. The van der Waals surface area contributed by atoms with Crippen LogP contribution in [0.15, 0.2) is 18.3 Å². The van der Waals surface area contributed by atoms with Crippen molar-refractivity contribution < 1.29 is 4.79 Å². The van der Waals surface area contributed by atoms with Gasteiger partial charge >= 0.3 is 0 Å². The summed E-state index contributed by atoms with van der Waals surface area (Å²) in [5.74, 6) is 0.192. The van der Waals surface area contributed by atoms with E-state index in [9.17, 15) is 4.79 Å². The van der Waals surface area contributed by atoms with Gasteiger partial charge in [-0.2, -0.15) is 0 Å². The fourth-order valence-corrected chi connectivity index (χ4v) is 3.32. The predicted molar refractivity (Wildman–Crippen MR) is 79.9 cm³/mol. The summed E-state index contributed by atoms with van der Waals surface area (Å²) in [4.78, 5) is 17.1. The molecule has 2 aliphatic heterocycles. The highest BCUT2D eigenvalue weighted by atomic mass is 16.2. The summed E-state index contributed by atoms with van der Waals surface area (Å²) < 4.78 is 2.07. The number of nitrogens with zero attached hydrogens (tertiary/aromatic N) is 3. The molecule has 110 valence electrons. The number of hydrogen-bond acceptors (Lipinski definition) is 2. The molecule has 0 radical (unpaired) electrons. The zero-order valence-electron chi connectivity index (χ0n) is 12.6. The van der Waals surface area contributed by atoms with Crippen molar-refractivity contribution in [2.45, 2.75) is 45.2 Å². The Hall–Kier alpha value is -1.29. The first-order valence-electron chi connectivity index (χ1n) is 7.87. The Morgan fingerprint density at radius 3 is 2.55 bits per heavy atom. The molecule has 2 fully saturated rings. The molecule has 0 aromatic carbocycles. The highest BCUT2D eigenvalue weighted by Gasteiger charge is 2.36.